The fraction of sp³-hybridized carbons (Fsp3) is 0.0714. The van der Waals surface area contributed by atoms with Crippen LogP contribution in [-0.2, 0) is 0 Å². The Morgan fingerprint density at radius 1 is 1.33 bits per heavy atom. The van der Waals surface area contributed by atoms with Crippen molar-refractivity contribution in [1.82, 2.24) is 5.01 Å². The number of nitriles is 2. The van der Waals surface area contributed by atoms with Gasteiger partial charge in [-0.05, 0) is 24.3 Å². The minimum Gasteiger partial charge on any atom is -0.497 e. The first-order valence-electron chi connectivity index (χ1n) is 6.38. The molecule has 0 fully saturated rings. The molecule has 0 N–H and O–H groups in total. The van der Waals surface area contributed by atoms with Crippen molar-refractivity contribution in [3.8, 4) is 17.9 Å². The van der Waals surface area contributed by atoms with Crippen LogP contribution in [0.3, 0.4) is 0 Å². The molecule has 24 heavy (non-hydrogen) atoms. The highest BCUT2D eigenvalue weighted by Crippen LogP contribution is 2.22. The summed E-state index contributed by atoms with van der Waals surface area (Å²) in [6.45, 7) is 0. The van der Waals surface area contributed by atoms with E-state index >= 15 is 0 Å². The molecule has 118 valence electrons. The summed E-state index contributed by atoms with van der Waals surface area (Å²) < 4.78 is 5.02. The van der Waals surface area contributed by atoms with Crippen LogP contribution in [0, 0.1) is 32.8 Å². The summed E-state index contributed by atoms with van der Waals surface area (Å²) in [5, 5.41) is 37.3. The maximum Gasteiger partial charge on any atom is 0.305 e. The van der Waals surface area contributed by atoms with Crippen LogP contribution in [0.15, 0.2) is 62.9 Å². The van der Waals surface area contributed by atoms with E-state index in [4.69, 9.17) is 15.3 Å². The highest BCUT2D eigenvalue weighted by atomic mass is 16.6. The average Bonchev–Trinajstić information content (AvgIpc) is 2.62. The van der Waals surface area contributed by atoms with Gasteiger partial charge in [0.05, 0.1) is 17.7 Å². The van der Waals surface area contributed by atoms with Gasteiger partial charge in [-0.15, -0.1) is 5.11 Å². The van der Waals surface area contributed by atoms with Gasteiger partial charge in [0.25, 0.3) is 0 Å². The van der Waals surface area contributed by atoms with Gasteiger partial charge in [-0.25, -0.2) is 4.99 Å². The third-order valence-electron chi connectivity index (χ3n) is 2.78. The van der Waals surface area contributed by atoms with Crippen LogP contribution in [0.4, 0.5) is 5.69 Å². The molecule has 0 aromatic heterocycles. The SMILES string of the molecule is COc1ccc(N=NN2C=C([N+](=O)[O-])C=NC2=C(C#N)C#N)cc1. The molecular formula is C14H9N7O3. The molecule has 1 heterocycles. The summed E-state index contributed by atoms with van der Waals surface area (Å²) in [4.78, 5) is 13.9. The molecule has 0 aliphatic carbocycles. The third kappa shape index (κ3) is 3.58. The normalized spacial score (nSPS) is 13.2. The van der Waals surface area contributed by atoms with Crippen molar-refractivity contribution in [2.45, 2.75) is 0 Å². The molecule has 0 spiro atoms. The van der Waals surface area contributed by atoms with Gasteiger partial charge in [-0.1, -0.05) is 5.22 Å². The molecule has 0 bridgehead atoms. The lowest BCUT2D eigenvalue weighted by Crippen LogP contribution is -2.18. The number of aliphatic imine (C=N–C) groups is 1. The van der Waals surface area contributed by atoms with Gasteiger partial charge in [0.15, 0.2) is 11.4 Å². The molecular weight excluding hydrogens is 314 g/mol. The summed E-state index contributed by atoms with van der Waals surface area (Å²) in [7, 11) is 1.52. The molecule has 1 aromatic carbocycles. The van der Waals surface area contributed by atoms with E-state index in [0.29, 0.717) is 11.4 Å². The van der Waals surface area contributed by atoms with Gasteiger partial charge >= 0.3 is 5.70 Å². The Morgan fingerprint density at radius 2 is 2.00 bits per heavy atom. The summed E-state index contributed by atoms with van der Waals surface area (Å²) in [5.74, 6) is 0.478. The van der Waals surface area contributed by atoms with Crippen molar-refractivity contribution < 1.29 is 9.66 Å². The first kappa shape index (κ1) is 16.3. The standard InChI is InChI=1S/C14H9N7O3/c1-24-13-4-2-11(3-5-13)18-19-20-9-12(21(22)23)8-17-14(20)10(6-15)7-16/h2-5,8-9H,1H3. The van der Waals surface area contributed by atoms with E-state index in [9.17, 15) is 10.1 Å². The second kappa shape index (κ2) is 7.29. The van der Waals surface area contributed by atoms with E-state index in [0.717, 1.165) is 17.4 Å². The minimum atomic E-state index is -0.672. The number of benzene rings is 1. The Hall–Kier alpha value is -4.05. The van der Waals surface area contributed by atoms with Crippen LogP contribution in [0.2, 0.25) is 0 Å². The number of hydrogen-bond donors (Lipinski definition) is 0. The Morgan fingerprint density at radius 3 is 2.54 bits per heavy atom. The lowest BCUT2D eigenvalue weighted by atomic mass is 10.3. The van der Waals surface area contributed by atoms with Crippen LogP contribution in [0.1, 0.15) is 0 Å². The maximum atomic E-state index is 10.8. The Balaban J connectivity index is 2.38. The lowest BCUT2D eigenvalue weighted by molar-refractivity contribution is -0.415. The lowest BCUT2D eigenvalue weighted by Gasteiger charge is -2.15. The van der Waals surface area contributed by atoms with Gasteiger partial charge in [0, 0.05) is 0 Å². The van der Waals surface area contributed by atoms with Gasteiger partial charge in [-0.2, -0.15) is 15.5 Å². The van der Waals surface area contributed by atoms with E-state index in [2.05, 4.69) is 15.3 Å². The first-order chi connectivity index (χ1) is 11.6. The fourth-order valence-corrected chi connectivity index (χ4v) is 1.62. The Labute approximate surface area is 136 Å². The molecule has 1 aliphatic heterocycles. The monoisotopic (exact) mass is 323 g/mol. The Bertz CT molecular complexity index is 838. The highest BCUT2D eigenvalue weighted by Gasteiger charge is 2.22. The van der Waals surface area contributed by atoms with Crippen molar-refractivity contribution in [3.05, 3.63) is 57.7 Å². The number of allylic oxidation sites excluding steroid dienone is 2. The topological polar surface area (TPSA) is 140 Å². The molecule has 10 nitrogen and oxygen atoms in total. The van der Waals surface area contributed by atoms with Crippen LogP contribution in [-0.4, -0.2) is 23.3 Å². The second-order valence-electron chi connectivity index (χ2n) is 4.22. The van der Waals surface area contributed by atoms with E-state index in [1.807, 2.05) is 0 Å². The number of rotatable bonds is 4. The van der Waals surface area contributed by atoms with E-state index in [1.165, 1.54) is 7.11 Å². The summed E-state index contributed by atoms with van der Waals surface area (Å²) >= 11 is 0. The fourth-order valence-electron chi connectivity index (χ4n) is 1.62. The number of methoxy groups -OCH3 is 1. The molecule has 0 saturated heterocycles. The molecule has 0 saturated carbocycles. The van der Waals surface area contributed by atoms with Crippen molar-refractivity contribution in [1.29, 1.82) is 10.5 Å². The third-order valence-corrected chi connectivity index (χ3v) is 2.78. The quantitative estimate of drug-likeness (QED) is 0.360. The van der Waals surface area contributed by atoms with E-state index in [1.54, 1.807) is 36.4 Å². The first-order valence-corrected chi connectivity index (χ1v) is 6.38. The molecule has 0 atom stereocenters. The van der Waals surface area contributed by atoms with Gasteiger partial charge in [0.2, 0.25) is 0 Å². The van der Waals surface area contributed by atoms with Crippen molar-refractivity contribution in [2.75, 3.05) is 7.11 Å². The predicted molar refractivity (Wildman–Crippen MR) is 81.2 cm³/mol. The predicted octanol–water partition coefficient (Wildman–Crippen LogP) is 2.46. The number of nitro groups is 1. The van der Waals surface area contributed by atoms with Gasteiger partial charge in [-0.3, -0.25) is 10.1 Å². The van der Waals surface area contributed by atoms with Gasteiger partial charge < -0.3 is 4.74 Å². The zero-order valence-corrected chi connectivity index (χ0v) is 12.3. The minimum absolute atomic E-state index is 0.150. The van der Waals surface area contributed by atoms with Crippen molar-refractivity contribution >= 4 is 11.9 Å². The highest BCUT2D eigenvalue weighted by molar-refractivity contribution is 5.77. The van der Waals surface area contributed by atoms with E-state index in [-0.39, 0.29) is 17.1 Å². The molecule has 1 aromatic rings. The number of nitrogens with zero attached hydrogens (tertiary/aromatic N) is 7. The van der Waals surface area contributed by atoms with Gasteiger partial charge in [0.1, 0.15) is 30.3 Å². The summed E-state index contributed by atoms with van der Waals surface area (Å²) in [6, 6.07) is 9.87. The average molecular weight is 323 g/mol. The molecule has 2 rings (SSSR count). The van der Waals surface area contributed by atoms with Crippen LogP contribution in [0.25, 0.3) is 0 Å². The van der Waals surface area contributed by atoms with Crippen molar-refractivity contribution in [2.24, 2.45) is 15.3 Å². The smallest absolute Gasteiger partial charge is 0.305 e. The van der Waals surface area contributed by atoms with Crippen LogP contribution in [0.5, 0.6) is 5.75 Å². The largest absolute Gasteiger partial charge is 0.497 e. The Kier molecular flexibility index (Phi) is 4.95. The zero-order chi connectivity index (χ0) is 17.5. The van der Waals surface area contributed by atoms with Crippen LogP contribution >= 0.6 is 0 Å². The maximum absolute atomic E-state index is 10.8. The molecule has 0 amide bonds. The molecule has 0 unspecified atom stereocenters. The zero-order valence-electron chi connectivity index (χ0n) is 12.3. The second-order valence-corrected chi connectivity index (χ2v) is 4.22. The summed E-state index contributed by atoms with van der Waals surface area (Å²) in [6.07, 6.45) is 1.95. The van der Waals surface area contributed by atoms with Crippen molar-refractivity contribution in [3.63, 3.8) is 0 Å². The summed E-state index contributed by atoms with van der Waals surface area (Å²) in [5.41, 5.74) is -0.266. The molecule has 1 aliphatic rings. The molecule has 10 heteroatoms. The number of ether oxygens (including phenoxy) is 1. The van der Waals surface area contributed by atoms with E-state index < -0.39 is 4.92 Å². The molecule has 0 radical (unpaired) electrons. The number of hydrogen-bond acceptors (Lipinski definition) is 8. The van der Waals surface area contributed by atoms with Crippen LogP contribution < -0.4 is 4.74 Å².